The van der Waals surface area contributed by atoms with Crippen LogP contribution in [0.1, 0.15) is 10.4 Å². The molecule has 0 spiro atoms. The van der Waals surface area contributed by atoms with Gasteiger partial charge in [0.25, 0.3) is 11.6 Å². The van der Waals surface area contributed by atoms with E-state index in [0.29, 0.717) is 0 Å². The van der Waals surface area contributed by atoms with Gasteiger partial charge < -0.3 is 10.1 Å². The molecule has 0 radical (unpaired) electrons. The summed E-state index contributed by atoms with van der Waals surface area (Å²) in [5.74, 6) is -0.440. The van der Waals surface area contributed by atoms with Crippen molar-refractivity contribution in [1.29, 1.82) is 0 Å². The number of nitro groups is 1. The van der Waals surface area contributed by atoms with Gasteiger partial charge in [-0.15, -0.1) is 0 Å². The third kappa shape index (κ3) is 3.87. The highest BCUT2D eigenvalue weighted by molar-refractivity contribution is 7.90. The third-order valence-corrected chi connectivity index (χ3v) is 4.28. The minimum absolute atomic E-state index is 0.0193. The predicted octanol–water partition coefficient (Wildman–Crippen LogP) is 2.26. The quantitative estimate of drug-likeness (QED) is 0.653. The fraction of sp³-hybridized carbons (Fsp3) is 0.133. The van der Waals surface area contributed by atoms with E-state index in [2.05, 4.69) is 5.32 Å². The van der Waals surface area contributed by atoms with Crippen molar-refractivity contribution in [1.82, 2.24) is 0 Å². The topological polar surface area (TPSA) is 116 Å². The number of nitrogens with zero attached hydrogens (tertiary/aromatic N) is 1. The van der Waals surface area contributed by atoms with Gasteiger partial charge in [0, 0.05) is 17.9 Å². The van der Waals surface area contributed by atoms with Gasteiger partial charge in [0.05, 0.1) is 28.7 Å². The van der Waals surface area contributed by atoms with E-state index >= 15 is 0 Å². The molecule has 24 heavy (non-hydrogen) atoms. The van der Waals surface area contributed by atoms with Crippen molar-refractivity contribution in [3.63, 3.8) is 0 Å². The zero-order valence-corrected chi connectivity index (χ0v) is 13.7. The first kappa shape index (κ1) is 17.4. The Morgan fingerprint density at radius 2 is 1.92 bits per heavy atom. The van der Waals surface area contributed by atoms with Crippen LogP contribution < -0.4 is 10.1 Å². The van der Waals surface area contributed by atoms with E-state index in [1.54, 1.807) is 0 Å². The van der Waals surface area contributed by atoms with Crippen LogP contribution in [0, 0.1) is 10.1 Å². The van der Waals surface area contributed by atoms with Gasteiger partial charge >= 0.3 is 0 Å². The maximum atomic E-state index is 12.3. The Bertz CT molecular complexity index is 908. The first-order valence-electron chi connectivity index (χ1n) is 6.66. The van der Waals surface area contributed by atoms with Crippen molar-refractivity contribution in [2.24, 2.45) is 0 Å². The highest BCUT2D eigenvalue weighted by atomic mass is 32.2. The molecule has 0 saturated heterocycles. The van der Waals surface area contributed by atoms with Gasteiger partial charge in [-0.3, -0.25) is 14.9 Å². The number of hydrogen-bond donors (Lipinski definition) is 1. The molecular formula is C15H14N2O6S. The molecule has 0 aromatic heterocycles. The predicted molar refractivity (Wildman–Crippen MR) is 87.2 cm³/mol. The average molecular weight is 350 g/mol. The van der Waals surface area contributed by atoms with Gasteiger partial charge in [0.1, 0.15) is 5.75 Å². The number of methoxy groups -OCH3 is 1. The summed E-state index contributed by atoms with van der Waals surface area (Å²) in [7, 11) is -2.12. The summed E-state index contributed by atoms with van der Waals surface area (Å²) in [5.41, 5.74) is 0.195. The molecule has 0 fully saturated rings. The lowest BCUT2D eigenvalue weighted by Gasteiger charge is -2.10. The number of sulfone groups is 1. The van der Waals surface area contributed by atoms with E-state index in [4.69, 9.17) is 4.74 Å². The average Bonchev–Trinajstić information content (AvgIpc) is 2.54. The molecule has 1 amide bonds. The number of nitrogens with one attached hydrogen (secondary N) is 1. The van der Waals surface area contributed by atoms with Crippen LogP contribution in [0.2, 0.25) is 0 Å². The Kier molecular flexibility index (Phi) is 4.84. The number of ether oxygens (including phenoxy) is 1. The maximum Gasteiger partial charge on any atom is 0.273 e. The molecule has 126 valence electrons. The molecular weight excluding hydrogens is 336 g/mol. The van der Waals surface area contributed by atoms with Crippen LogP contribution in [-0.2, 0) is 9.84 Å². The highest BCUT2D eigenvalue weighted by Gasteiger charge is 2.16. The summed E-state index contributed by atoms with van der Waals surface area (Å²) >= 11 is 0. The Labute approximate surface area is 138 Å². The fourth-order valence-electron chi connectivity index (χ4n) is 1.96. The van der Waals surface area contributed by atoms with Crippen molar-refractivity contribution in [3.05, 3.63) is 58.1 Å². The number of hydrogen-bond acceptors (Lipinski definition) is 6. The molecule has 2 rings (SSSR count). The smallest absolute Gasteiger partial charge is 0.273 e. The molecule has 2 aromatic carbocycles. The summed E-state index contributed by atoms with van der Waals surface area (Å²) in [4.78, 5) is 22.5. The van der Waals surface area contributed by atoms with Crippen LogP contribution in [0.5, 0.6) is 5.75 Å². The molecule has 0 bridgehead atoms. The molecule has 0 aliphatic rings. The second-order valence-corrected chi connectivity index (χ2v) is 6.91. The summed E-state index contributed by atoms with van der Waals surface area (Å²) in [5, 5.41) is 13.3. The number of non-ortho nitro benzene ring substituents is 1. The summed E-state index contributed by atoms with van der Waals surface area (Å²) < 4.78 is 28.1. The van der Waals surface area contributed by atoms with Crippen molar-refractivity contribution in [2.45, 2.75) is 4.90 Å². The molecule has 1 N–H and O–H groups in total. The highest BCUT2D eigenvalue weighted by Crippen LogP contribution is 2.29. The Morgan fingerprint density at radius 1 is 1.21 bits per heavy atom. The Hall–Kier alpha value is -2.94. The summed E-state index contributed by atoms with van der Waals surface area (Å²) in [6.45, 7) is 0. The number of anilines is 1. The molecule has 0 unspecified atom stereocenters. The second kappa shape index (κ2) is 6.67. The molecule has 0 heterocycles. The molecule has 0 aliphatic carbocycles. The van der Waals surface area contributed by atoms with E-state index < -0.39 is 20.7 Å². The van der Waals surface area contributed by atoms with Gasteiger partial charge in [0.15, 0.2) is 9.84 Å². The molecule has 0 aliphatic heterocycles. The van der Waals surface area contributed by atoms with Crippen LogP contribution in [0.15, 0.2) is 47.4 Å². The summed E-state index contributed by atoms with van der Waals surface area (Å²) in [6.07, 6.45) is 1.05. The number of carbonyl (C=O) groups is 1. The number of rotatable bonds is 5. The minimum atomic E-state index is -3.44. The van der Waals surface area contributed by atoms with E-state index in [9.17, 15) is 23.3 Å². The van der Waals surface area contributed by atoms with Gasteiger partial charge in [-0.1, -0.05) is 6.07 Å². The zero-order chi connectivity index (χ0) is 17.9. The second-order valence-electron chi connectivity index (χ2n) is 4.90. The Balaban J connectivity index is 2.32. The largest absolute Gasteiger partial charge is 0.494 e. The number of amides is 1. The standard InChI is InChI=1S/C15H14N2O6S/c1-23-14-9-11(17(19)20)6-7-13(14)16-15(18)10-4-3-5-12(8-10)24(2,21)22/h3-9H,1-2H3,(H,16,18). The normalized spacial score (nSPS) is 10.9. The molecule has 0 saturated carbocycles. The van der Waals surface area contributed by atoms with Crippen LogP contribution in [0.4, 0.5) is 11.4 Å². The molecule has 2 aromatic rings. The van der Waals surface area contributed by atoms with E-state index in [0.717, 1.165) is 6.26 Å². The fourth-order valence-corrected chi connectivity index (χ4v) is 2.63. The molecule has 0 atom stereocenters. The van der Waals surface area contributed by atoms with Gasteiger partial charge in [-0.05, 0) is 24.3 Å². The number of carbonyl (C=O) groups excluding carboxylic acids is 1. The van der Waals surface area contributed by atoms with Crippen molar-refractivity contribution in [3.8, 4) is 5.75 Å². The van der Waals surface area contributed by atoms with Gasteiger partial charge in [-0.25, -0.2) is 8.42 Å². The van der Waals surface area contributed by atoms with Crippen molar-refractivity contribution >= 4 is 27.1 Å². The van der Waals surface area contributed by atoms with Crippen molar-refractivity contribution < 1.29 is 22.9 Å². The molecule has 8 nitrogen and oxygen atoms in total. The molecule has 9 heteroatoms. The van der Waals surface area contributed by atoms with Crippen molar-refractivity contribution in [2.75, 3.05) is 18.7 Å². The lowest BCUT2D eigenvalue weighted by atomic mass is 10.2. The van der Waals surface area contributed by atoms with E-state index in [1.165, 1.54) is 49.6 Å². The van der Waals surface area contributed by atoms with Crippen LogP contribution >= 0.6 is 0 Å². The minimum Gasteiger partial charge on any atom is -0.494 e. The van der Waals surface area contributed by atoms with Gasteiger partial charge in [-0.2, -0.15) is 0 Å². The van der Waals surface area contributed by atoms with E-state index in [1.807, 2.05) is 0 Å². The monoisotopic (exact) mass is 350 g/mol. The van der Waals surface area contributed by atoms with Crippen LogP contribution in [-0.4, -0.2) is 32.6 Å². The number of benzene rings is 2. The third-order valence-electron chi connectivity index (χ3n) is 3.17. The van der Waals surface area contributed by atoms with Crippen LogP contribution in [0.25, 0.3) is 0 Å². The Morgan fingerprint density at radius 3 is 2.50 bits per heavy atom. The van der Waals surface area contributed by atoms with E-state index in [-0.39, 0.29) is 27.6 Å². The first-order valence-corrected chi connectivity index (χ1v) is 8.55. The summed E-state index contributed by atoms with van der Waals surface area (Å²) in [6, 6.07) is 9.31. The zero-order valence-electron chi connectivity index (χ0n) is 12.8. The lowest BCUT2D eigenvalue weighted by molar-refractivity contribution is -0.384. The lowest BCUT2D eigenvalue weighted by Crippen LogP contribution is -2.13. The van der Waals surface area contributed by atoms with Crippen LogP contribution in [0.3, 0.4) is 0 Å². The number of nitro benzene ring substituents is 1. The SMILES string of the molecule is COc1cc([N+](=O)[O-])ccc1NC(=O)c1cccc(S(C)(=O)=O)c1. The maximum absolute atomic E-state index is 12.3. The first-order chi connectivity index (χ1) is 11.2. The van der Waals surface area contributed by atoms with Gasteiger partial charge in [0.2, 0.25) is 0 Å².